The van der Waals surface area contributed by atoms with Crippen LogP contribution in [0.15, 0.2) is 23.2 Å². The number of amidine groups is 1. The summed E-state index contributed by atoms with van der Waals surface area (Å²) in [5.41, 5.74) is 0.406. The van der Waals surface area contributed by atoms with Gasteiger partial charge in [-0.2, -0.15) is 4.99 Å². The smallest absolute Gasteiger partial charge is 0.283 e. The van der Waals surface area contributed by atoms with E-state index in [0.717, 1.165) is 37.5 Å². The number of carbonyl (C=O) groups excluding carboxylic acids is 1. The molecule has 2 rings (SSSR count). The maximum Gasteiger partial charge on any atom is 0.283 e. The van der Waals surface area contributed by atoms with Crippen LogP contribution in [0.25, 0.3) is 0 Å². The molecule has 1 saturated heterocycles. The lowest BCUT2D eigenvalue weighted by Crippen LogP contribution is -2.27. The van der Waals surface area contributed by atoms with Crippen molar-refractivity contribution in [1.29, 1.82) is 0 Å². The van der Waals surface area contributed by atoms with E-state index in [1.54, 1.807) is 30.0 Å². The molecule has 1 aliphatic heterocycles. The van der Waals surface area contributed by atoms with Gasteiger partial charge in [-0.15, -0.1) is 0 Å². The fourth-order valence-corrected chi connectivity index (χ4v) is 3.77. The maximum atomic E-state index is 12.6. The number of halogens is 1. The van der Waals surface area contributed by atoms with E-state index < -0.39 is 0 Å². The van der Waals surface area contributed by atoms with Crippen molar-refractivity contribution in [3.8, 4) is 5.75 Å². The summed E-state index contributed by atoms with van der Waals surface area (Å²) in [5, 5.41) is 1.82. The molecule has 1 aromatic rings. The number of benzene rings is 1. The van der Waals surface area contributed by atoms with Crippen LogP contribution in [0.2, 0.25) is 5.02 Å². The van der Waals surface area contributed by atoms with Crippen LogP contribution in [-0.4, -0.2) is 41.4 Å². The van der Waals surface area contributed by atoms with E-state index in [0.29, 0.717) is 21.6 Å². The minimum atomic E-state index is -0.301. The minimum absolute atomic E-state index is 0.301. The van der Waals surface area contributed by atoms with Crippen molar-refractivity contribution >= 4 is 34.4 Å². The second-order valence-corrected chi connectivity index (χ2v) is 7.20. The van der Waals surface area contributed by atoms with E-state index in [9.17, 15) is 4.79 Å². The highest BCUT2D eigenvalue weighted by atomic mass is 35.5. The lowest BCUT2D eigenvalue weighted by molar-refractivity contribution is 0.0999. The van der Waals surface area contributed by atoms with E-state index >= 15 is 0 Å². The molecule has 1 amide bonds. The Morgan fingerprint density at radius 3 is 2.91 bits per heavy atom. The second-order valence-electron chi connectivity index (χ2n) is 5.49. The molecule has 1 heterocycles. The Morgan fingerprint density at radius 2 is 2.26 bits per heavy atom. The summed E-state index contributed by atoms with van der Waals surface area (Å²) in [4.78, 5) is 19.2. The quantitative estimate of drug-likeness (QED) is 0.755. The maximum absolute atomic E-state index is 12.6. The molecular formula is C17H23ClN2O2S. The van der Waals surface area contributed by atoms with Crippen LogP contribution in [0.5, 0.6) is 5.75 Å². The van der Waals surface area contributed by atoms with Crippen LogP contribution in [0.4, 0.5) is 0 Å². The molecule has 0 saturated carbocycles. The molecule has 126 valence electrons. The number of hydrogen-bond acceptors (Lipinski definition) is 3. The van der Waals surface area contributed by atoms with Gasteiger partial charge in [0.05, 0.1) is 12.7 Å². The standard InChI is InChI=1S/C17H23ClN2O2S/c1-4-6-9-20-11-13(5-2)23-17(20)19-16(21)14-10-12(18)7-8-15(14)22-3/h7-8,10,13H,4-6,9,11H2,1-3H3. The number of rotatable bonds is 6. The third-order valence-electron chi connectivity index (χ3n) is 3.79. The summed E-state index contributed by atoms with van der Waals surface area (Å²) in [6.45, 7) is 6.23. The van der Waals surface area contributed by atoms with Gasteiger partial charge in [-0.1, -0.05) is 43.6 Å². The number of carbonyl (C=O) groups is 1. The van der Waals surface area contributed by atoms with Gasteiger partial charge < -0.3 is 9.64 Å². The molecule has 1 aliphatic rings. The lowest BCUT2D eigenvalue weighted by Gasteiger charge is -2.17. The molecule has 1 aromatic carbocycles. The highest BCUT2D eigenvalue weighted by Gasteiger charge is 2.28. The van der Waals surface area contributed by atoms with Crippen molar-refractivity contribution in [2.24, 2.45) is 4.99 Å². The van der Waals surface area contributed by atoms with Gasteiger partial charge in [0.15, 0.2) is 5.17 Å². The van der Waals surface area contributed by atoms with Crippen molar-refractivity contribution in [1.82, 2.24) is 4.90 Å². The molecule has 1 unspecified atom stereocenters. The average molecular weight is 355 g/mol. The summed E-state index contributed by atoms with van der Waals surface area (Å²) in [6.07, 6.45) is 3.30. The molecule has 0 bridgehead atoms. The lowest BCUT2D eigenvalue weighted by atomic mass is 10.2. The first-order chi connectivity index (χ1) is 11.1. The first kappa shape index (κ1) is 18.1. The number of nitrogens with zero attached hydrogens (tertiary/aromatic N) is 2. The van der Waals surface area contributed by atoms with Crippen molar-refractivity contribution < 1.29 is 9.53 Å². The molecule has 0 aromatic heterocycles. The minimum Gasteiger partial charge on any atom is -0.496 e. The molecule has 6 heteroatoms. The number of aliphatic imine (C=N–C) groups is 1. The van der Waals surface area contributed by atoms with Crippen molar-refractivity contribution in [2.75, 3.05) is 20.2 Å². The molecular weight excluding hydrogens is 332 g/mol. The number of amides is 1. The summed E-state index contributed by atoms with van der Waals surface area (Å²) < 4.78 is 5.25. The van der Waals surface area contributed by atoms with E-state index in [2.05, 4.69) is 23.7 Å². The average Bonchev–Trinajstić information content (AvgIpc) is 2.94. The number of unbranched alkanes of at least 4 members (excludes halogenated alkanes) is 1. The molecule has 0 radical (unpaired) electrons. The number of thioether (sulfide) groups is 1. The summed E-state index contributed by atoms with van der Waals surface area (Å²) in [7, 11) is 1.54. The van der Waals surface area contributed by atoms with Crippen LogP contribution >= 0.6 is 23.4 Å². The van der Waals surface area contributed by atoms with Gasteiger partial charge in [-0.05, 0) is 31.0 Å². The third kappa shape index (κ3) is 4.64. The number of hydrogen-bond donors (Lipinski definition) is 0. The van der Waals surface area contributed by atoms with Crippen molar-refractivity contribution in [2.45, 2.75) is 38.4 Å². The van der Waals surface area contributed by atoms with Gasteiger partial charge in [0.1, 0.15) is 5.75 Å². The zero-order valence-corrected chi connectivity index (χ0v) is 15.4. The van der Waals surface area contributed by atoms with Gasteiger partial charge in [-0.3, -0.25) is 4.79 Å². The molecule has 0 N–H and O–H groups in total. The molecule has 1 atom stereocenters. The monoisotopic (exact) mass is 354 g/mol. The molecule has 4 nitrogen and oxygen atoms in total. The molecule has 0 aliphatic carbocycles. The highest BCUT2D eigenvalue weighted by molar-refractivity contribution is 8.14. The van der Waals surface area contributed by atoms with Gasteiger partial charge in [0.2, 0.25) is 0 Å². The Hall–Kier alpha value is -1.20. The second kappa shape index (κ2) is 8.60. The first-order valence-corrected chi connectivity index (χ1v) is 9.22. The van der Waals surface area contributed by atoms with E-state index in [1.165, 1.54) is 7.11 Å². The van der Waals surface area contributed by atoms with Gasteiger partial charge in [0.25, 0.3) is 5.91 Å². The number of ether oxygens (including phenoxy) is 1. The fourth-order valence-electron chi connectivity index (χ4n) is 2.42. The highest BCUT2D eigenvalue weighted by Crippen LogP contribution is 2.30. The Balaban J connectivity index is 2.24. The van der Waals surface area contributed by atoms with Gasteiger partial charge >= 0.3 is 0 Å². The topological polar surface area (TPSA) is 41.9 Å². The first-order valence-electron chi connectivity index (χ1n) is 7.97. The van der Waals surface area contributed by atoms with Gasteiger partial charge in [-0.25, -0.2) is 0 Å². The zero-order chi connectivity index (χ0) is 16.8. The summed E-state index contributed by atoms with van der Waals surface area (Å²) in [5.74, 6) is 0.198. The predicted octanol–water partition coefficient (Wildman–Crippen LogP) is 4.47. The van der Waals surface area contributed by atoms with Crippen molar-refractivity contribution in [3.63, 3.8) is 0 Å². The Kier molecular flexibility index (Phi) is 6.78. The Morgan fingerprint density at radius 1 is 1.48 bits per heavy atom. The molecule has 23 heavy (non-hydrogen) atoms. The largest absolute Gasteiger partial charge is 0.496 e. The molecule has 1 fully saturated rings. The van der Waals surface area contributed by atoms with E-state index in [1.807, 2.05) is 0 Å². The van der Waals surface area contributed by atoms with E-state index in [-0.39, 0.29) is 5.91 Å². The third-order valence-corrected chi connectivity index (χ3v) is 5.40. The summed E-state index contributed by atoms with van der Waals surface area (Å²) in [6, 6.07) is 5.01. The SMILES string of the molecule is CCCCN1CC(CC)SC1=NC(=O)c1cc(Cl)ccc1OC. The molecule has 0 spiro atoms. The van der Waals surface area contributed by atoms with Crippen LogP contribution in [-0.2, 0) is 0 Å². The zero-order valence-electron chi connectivity index (χ0n) is 13.8. The fraction of sp³-hybridized carbons (Fsp3) is 0.529. The number of methoxy groups -OCH3 is 1. The Labute approximate surface area is 147 Å². The normalized spacial score (nSPS) is 19.4. The van der Waals surface area contributed by atoms with Gasteiger partial charge in [0, 0.05) is 23.4 Å². The summed E-state index contributed by atoms with van der Waals surface area (Å²) >= 11 is 7.70. The predicted molar refractivity (Wildman–Crippen MR) is 97.9 cm³/mol. The van der Waals surface area contributed by atoms with E-state index in [4.69, 9.17) is 16.3 Å². The van der Waals surface area contributed by atoms with Crippen LogP contribution in [0.3, 0.4) is 0 Å². The Bertz CT molecular complexity index is 592. The van der Waals surface area contributed by atoms with Crippen LogP contribution in [0, 0.1) is 0 Å². The van der Waals surface area contributed by atoms with Crippen molar-refractivity contribution in [3.05, 3.63) is 28.8 Å². The van der Waals surface area contributed by atoms with Crippen LogP contribution in [0.1, 0.15) is 43.5 Å². The van der Waals surface area contributed by atoms with Crippen LogP contribution < -0.4 is 4.74 Å².